The maximum Gasteiger partial charge on any atom is 0.262 e. The van der Waals surface area contributed by atoms with Crippen LogP contribution in [0.4, 0.5) is 0 Å². The number of hydrogen-bond acceptors (Lipinski definition) is 6. The molecule has 9 heteroatoms. The third kappa shape index (κ3) is 6.49. The first-order valence-electron chi connectivity index (χ1n) is 8.64. The summed E-state index contributed by atoms with van der Waals surface area (Å²) in [5.41, 5.74) is 0.384. The van der Waals surface area contributed by atoms with Gasteiger partial charge in [-0.15, -0.1) is 0 Å². The fourth-order valence-corrected chi connectivity index (χ4v) is 3.50. The van der Waals surface area contributed by atoms with Gasteiger partial charge in [-0.3, -0.25) is 14.2 Å². The van der Waals surface area contributed by atoms with E-state index in [1.807, 2.05) is 0 Å². The van der Waals surface area contributed by atoms with Crippen LogP contribution in [0.2, 0.25) is 5.02 Å². The Hall–Kier alpha value is -1.61. The SMILES string of the molecule is COCCCNC(=O)CSc1nc2cc(Cl)ccc2c(=O)n1CCCOC. The van der Waals surface area contributed by atoms with Gasteiger partial charge in [0, 0.05) is 45.5 Å². The van der Waals surface area contributed by atoms with Gasteiger partial charge in [0.05, 0.1) is 16.7 Å². The molecule has 27 heavy (non-hydrogen) atoms. The van der Waals surface area contributed by atoms with Gasteiger partial charge in [0.1, 0.15) is 0 Å². The van der Waals surface area contributed by atoms with Crippen LogP contribution >= 0.6 is 23.4 Å². The lowest BCUT2D eigenvalue weighted by atomic mass is 10.2. The van der Waals surface area contributed by atoms with Crippen LogP contribution in [0.25, 0.3) is 10.9 Å². The molecule has 0 unspecified atom stereocenters. The van der Waals surface area contributed by atoms with Crippen molar-refractivity contribution in [2.75, 3.05) is 39.7 Å². The molecule has 0 fully saturated rings. The number of amides is 1. The molecule has 0 spiro atoms. The summed E-state index contributed by atoms with van der Waals surface area (Å²) in [7, 11) is 3.24. The zero-order valence-electron chi connectivity index (χ0n) is 15.5. The minimum atomic E-state index is -0.143. The molecule has 1 aromatic heterocycles. The number of nitrogens with zero attached hydrogens (tertiary/aromatic N) is 2. The average Bonchev–Trinajstić information content (AvgIpc) is 2.65. The molecule has 0 saturated heterocycles. The fraction of sp³-hybridized carbons (Fsp3) is 0.500. The van der Waals surface area contributed by atoms with Gasteiger partial charge in [0.15, 0.2) is 5.16 Å². The van der Waals surface area contributed by atoms with Gasteiger partial charge in [0.25, 0.3) is 5.56 Å². The van der Waals surface area contributed by atoms with Crippen LogP contribution in [-0.4, -0.2) is 55.2 Å². The van der Waals surface area contributed by atoms with Crippen LogP contribution in [0.5, 0.6) is 0 Å². The van der Waals surface area contributed by atoms with E-state index < -0.39 is 0 Å². The molecule has 1 heterocycles. The molecular weight excluding hydrogens is 390 g/mol. The van der Waals surface area contributed by atoms with E-state index in [0.717, 1.165) is 6.42 Å². The molecule has 1 N–H and O–H groups in total. The molecule has 1 amide bonds. The summed E-state index contributed by atoms with van der Waals surface area (Å²) in [6.07, 6.45) is 1.43. The number of rotatable bonds is 11. The molecule has 148 valence electrons. The molecule has 7 nitrogen and oxygen atoms in total. The molecule has 0 aliphatic rings. The van der Waals surface area contributed by atoms with Gasteiger partial charge in [-0.1, -0.05) is 23.4 Å². The number of hydrogen-bond donors (Lipinski definition) is 1. The summed E-state index contributed by atoms with van der Waals surface area (Å²) in [4.78, 5) is 29.4. The lowest BCUT2D eigenvalue weighted by Crippen LogP contribution is -2.28. The van der Waals surface area contributed by atoms with E-state index >= 15 is 0 Å². The Labute approximate surface area is 167 Å². The molecule has 1 aromatic carbocycles. The Morgan fingerprint density at radius 2 is 2.00 bits per heavy atom. The Morgan fingerprint density at radius 1 is 1.26 bits per heavy atom. The Kier molecular flexibility index (Phi) is 9.06. The first-order chi connectivity index (χ1) is 13.1. The highest BCUT2D eigenvalue weighted by Crippen LogP contribution is 2.20. The second kappa shape index (κ2) is 11.3. The fourth-order valence-electron chi connectivity index (χ4n) is 2.47. The maximum atomic E-state index is 12.9. The number of halogens is 1. The lowest BCUT2D eigenvalue weighted by molar-refractivity contribution is -0.118. The Balaban J connectivity index is 2.17. The van der Waals surface area contributed by atoms with Gasteiger partial charge < -0.3 is 14.8 Å². The van der Waals surface area contributed by atoms with Crippen molar-refractivity contribution in [2.45, 2.75) is 24.5 Å². The molecule has 0 saturated carbocycles. The van der Waals surface area contributed by atoms with Crippen LogP contribution in [0.15, 0.2) is 28.2 Å². The smallest absolute Gasteiger partial charge is 0.262 e. The number of carbonyl (C=O) groups excluding carboxylic acids is 1. The third-order valence-corrected chi connectivity index (χ3v) is 5.00. The van der Waals surface area contributed by atoms with Crippen molar-refractivity contribution in [3.63, 3.8) is 0 Å². The van der Waals surface area contributed by atoms with Crippen LogP contribution in [0.1, 0.15) is 12.8 Å². The number of aromatic nitrogens is 2. The van der Waals surface area contributed by atoms with Gasteiger partial charge in [-0.05, 0) is 31.0 Å². The molecule has 0 aliphatic carbocycles. The summed E-state index contributed by atoms with van der Waals surface area (Å²) in [5.74, 6) is 0.0652. The van der Waals surface area contributed by atoms with E-state index in [-0.39, 0.29) is 17.2 Å². The zero-order valence-corrected chi connectivity index (χ0v) is 17.1. The van der Waals surface area contributed by atoms with E-state index in [1.165, 1.54) is 11.8 Å². The van der Waals surface area contributed by atoms with Crippen molar-refractivity contribution in [1.82, 2.24) is 14.9 Å². The van der Waals surface area contributed by atoms with Crippen molar-refractivity contribution in [2.24, 2.45) is 0 Å². The number of carbonyl (C=O) groups is 1. The average molecular weight is 414 g/mol. The summed E-state index contributed by atoms with van der Waals surface area (Å²) >= 11 is 7.27. The van der Waals surface area contributed by atoms with Crippen LogP contribution in [-0.2, 0) is 20.8 Å². The number of nitrogens with one attached hydrogen (secondary N) is 1. The minimum Gasteiger partial charge on any atom is -0.385 e. The highest BCUT2D eigenvalue weighted by atomic mass is 35.5. The molecule has 2 rings (SSSR count). The summed E-state index contributed by atoms with van der Waals surface area (Å²) < 4.78 is 11.6. The van der Waals surface area contributed by atoms with Crippen LogP contribution < -0.4 is 10.9 Å². The molecule has 2 aromatic rings. The molecule has 0 radical (unpaired) electrons. The van der Waals surface area contributed by atoms with Crippen molar-refractivity contribution in [1.29, 1.82) is 0 Å². The van der Waals surface area contributed by atoms with E-state index in [2.05, 4.69) is 10.3 Å². The summed E-state index contributed by atoms with van der Waals surface area (Å²) in [6.45, 7) is 2.15. The van der Waals surface area contributed by atoms with Crippen molar-refractivity contribution < 1.29 is 14.3 Å². The number of benzene rings is 1. The van der Waals surface area contributed by atoms with Gasteiger partial charge in [0.2, 0.25) is 5.91 Å². The predicted octanol–water partition coefficient (Wildman–Crippen LogP) is 2.33. The van der Waals surface area contributed by atoms with Gasteiger partial charge in [-0.25, -0.2) is 4.98 Å². The largest absolute Gasteiger partial charge is 0.385 e. The Morgan fingerprint density at radius 3 is 2.74 bits per heavy atom. The standard InChI is InChI=1S/C18H24ClN3O4S/c1-25-9-3-7-20-16(23)12-27-18-21-15-11-13(19)5-6-14(15)17(24)22(18)8-4-10-26-2/h5-6,11H,3-4,7-10,12H2,1-2H3,(H,20,23). The van der Waals surface area contributed by atoms with Crippen molar-refractivity contribution >= 4 is 40.2 Å². The number of thioether (sulfide) groups is 1. The van der Waals surface area contributed by atoms with Crippen LogP contribution in [0, 0.1) is 0 Å². The summed E-state index contributed by atoms with van der Waals surface area (Å²) in [5, 5.41) is 4.34. The van der Waals surface area contributed by atoms with Crippen LogP contribution in [0.3, 0.4) is 0 Å². The highest BCUT2D eigenvalue weighted by molar-refractivity contribution is 7.99. The first kappa shape index (κ1) is 21.7. The minimum absolute atomic E-state index is 0.111. The number of ether oxygens (including phenoxy) is 2. The highest BCUT2D eigenvalue weighted by Gasteiger charge is 2.13. The van der Waals surface area contributed by atoms with E-state index in [0.29, 0.717) is 53.8 Å². The monoisotopic (exact) mass is 413 g/mol. The van der Waals surface area contributed by atoms with E-state index in [1.54, 1.807) is 37.0 Å². The molecular formula is C18H24ClN3O4S. The maximum absolute atomic E-state index is 12.9. The normalized spacial score (nSPS) is 11.1. The number of fused-ring (bicyclic) bond motifs is 1. The second-order valence-corrected chi connectivity index (χ2v) is 7.22. The number of methoxy groups -OCH3 is 2. The van der Waals surface area contributed by atoms with Gasteiger partial charge in [-0.2, -0.15) is 0 Å². The molecule has 0 atom stereocenters. The first-order valence-corrected chi connectivity index (χ1v) is 10.0. The quantitative estimate of drug-likeness (QED) is 0.346. The summed E-state index contributed by atoms with van der Waals surface area (Å²) in [6, 6.07) is 5.01. The predicted molar refractivity (Wildman–Crippen MR) is 108 cm³/mol. The Bertz CT molecular complexity index is 828. The zero-order chi connectivity index (χ0) is 19.6. The van der Waals surface area contributed by atoms with Crippen molar-refractivity contribution in [3.05, 3.63) is 33.6 Å². The van der Waals surface area contributed by atoms with E-state index in [4.69, 9.17) is 21.1 Å². The third-order valence-electron chi connectivity index (χ3n) is 3.79. The topological polar surface area (TPSA) is 82.5 Å². The second-order valence-electron chi connectivity index (χ2n) is 5.84. The lowest BCUT2D eigenvalue weighted by Gasteiger charge is -2.13. The van der Waals surface area contributed by atoms with Crippen molar-refractivity contribution in [3.8, 4) is 0 Å². The van der Waals surface area contributed by atoms with Gasteiger partial charge >= 0.3 is 0 Å². The molecule has 0 aliphatic heterocycles. The van der Waals surface area contributed by atoms with E-state index in [9.17, 15) is 9.59 Å². The molecule has 0 bridgehead atoms.